The van der Waals surface area contributed by atoms with Crippen molar-refractivity contribution in [1.82, 2.24) is 9.55 Å². The third-order valence-corrected chi connectivity index (χ3v) is 9.40. The number of nitrogen functional groups attached to an aromatic ring is 1. The van der Waals surface area contributed by atoms with Crippen LogP contribution in [-0.4, -0.2) is 52.3 Å². The first-order valence-corrected chi connectivity index (χ1v) is 17.3. The van der Waals surface area contributed by atoms with Gasteiger partial charge in [0.25, 0.3) is 5.92 Å². The van der Waals surface area contributed by atoms with E-state index >= 15 is 8.78 Å². The number of benzene rings is 1. The fourth-order valence-electron chi connectivity index (χ4n) is 5.49. The van der Waals surface area contributed by atoms with Gasteiger partial charge in [0.15, 0.2) is 5.75 Å². The number of para-hydroxylation sites is 1. The molecule has 2 aliphatic heterocycles. The zero-order chi connectivity index (χ0) is 32.3. The van der Waals surface area contributed by atoms with Gasteiger partial charge in [0, 0.05) is 24.6 Å². The molecule has 0 amide bonds. The number of ether oxygens (including phenoxy) is 2. The van der Waals surface area contributed by atoms with Crippen molar-refractivity contribution in [3.63, 3.8) is 0 Å². The topological polar surface area (TPSA) is 144 Å². The van der Waals surface area contributed by atoms with E-state index in [1.165, 1.54) is 18.7 Å². The molecule has 1 aromatic carbocycles. The van der Waals surface area contributed by atoms with Crippen LogP contribution in [0, 0.1) is 5.92 Å². The second-order valence-electron chi connectivity index (χ2n) is 11.6. The Hall–Kier alpha value is -2.70. The van der Waals surface area contributed by atoms with Gasteiger partial charge in [-0.05, 0) is 18.6 Å². The molecule has 0 saturated carbocycles. The van der Waals surface area contributed by atoms with Gasteiger partial charge in [-0.25, -0.2) is 13.6 Å². The number of nitrogens with two attached hydrogens (primary N) is 1. The van der Waals surface area contributed by atoms with Crippen molar-refractivity contribution in [3.05, 3.63) is 52.6 Å². The molecule has 1 fully saturated rings. The predicted molar refractivity (Wildman–Crippen MR) is 164 cm³/mol. The van der Waals surface area contributed by atoms with E-state index in [1.807, 2.05) is 0 Å². The van der Waals surface area contributed by atoms with Crippen LogP contribution >= 0.6 is 8.17 Å². The van der Waals surface area contributed by atoms with E-state index in [0.29, 0.717) is 30.8 Å². The fourth-order valence-corrected chi connectivity index (χ4v) is 6.77. The molecule has 2 aromatic rings. The Bertz CT molecular complexity index is 1300. The molecular weight excluding hydrogens is 611 g/mol. The molecule has 0 aliphatic carbocycles. The molecule has 1 aromatic heterocycles. The van der Waals surface area contributed by atoms with E-state index in [4.69, 9.17) is 28.8 Å². The number of halogens is 2. The SMILES string of the molecule is CCCCCCCCCCC(n1ccc(N)nc1=O)C(F)(F)CC(CO[P+]1(O)OCc2ccccc2O1)C(=O)OC1CCOC1. The second-order valence-corrected chi connectivity index (χ2v) is 13.3. The van der Waals surface area contributed by atoms with Crippen LogP contribution < -0.4 is 15.9 Å². The smallest absolute Gasteiger partial charge is 0.460 e. The van der Waals surface area contributed by atoms with E-state index in [-0.39, 0.29) is 25.5 Å². The largest absolute Gasteiger partial charge is 0.619 e. The number of hydrogen-bond donors (Lipinski definition) is 2. The molecule has 11 nitrogen and oxygen atoms in total. The van der Waals surface area contributed by atoms with Gasteiger partial charge in [-0.1, -0.05) is 76.5 Å². The first kappa shape index (κ1) is 35.2. The summed E-state index contributed by atoms with van der Waals surface area (Å²) in [4.78, 5) is 40.6. The summed E-state index contributed by atoms with van der Waals surface area (Å²) < 4.78 is 60.9. The lowest BCUT2D eigenvalue weighted by Crippen LogP contribution is -2.41. The van der Waals surface area contributed by atoms with Gasteiger partial charge >= 0.3 is 19.8 Å². The molecule has 0 spiro atoms. The van der Waals surface area contributed by atoms with Crippen molar-refractivity contribution < 1.29 is 41.5 Å². The number of unbranched alkanes of at least 4 members (excludes halogenated alkanes) is 7. The van der Waals surface area contributed by atoms with Gasteiger partial charge < -0.3 is 15.2 Å². The first-order valence-electron chi connectivity index (χ1n) is 15.8. The van der Waals surface area contributed by atoms with Crippen LogP contribution in [0.2, 0.25) is 0 Å². The molecule has 14 heteroatoms. The van der Waals surface area contributed by atoms with Gasteiger partial charge in [-0.15, -0.1) is 9.05 Å². The summed E-state index contributed by atoms with van der Waals surface area (Å²) in [6, 6.07) is 6.56. The number of fused-ring (bicyclic) bond motifs is 1. The van der Waals surface area contributed by atoms with E-state index < -0.39 is 56.8 Å². The molecule has 2 aliphatic rings. The number of aromatic nitrogens is 2. The van der Waals surface area contributed by atoms with Crippen LogP contribution in [0.4, 0.5) is 14.6 Å². The van der Waals surface area contributed by atoms with E-state index in [0.717, 1.165) is 43.1 Å². The summed E-state index contributed by atoms with van der Waals surface area (Å²) in [6.07, 6.45) is 7.66. The number of carbonyl (C=O) groups is 1. The highest BCUT2D eigenvalue weighted by molar-refractivity contribution is 7.55. The minimum absolute atomic E-state index is 0.0150. The number of anilines is 1. The summed E-state index contributed by atoms with van der Waals surface area (Å²) >= 11 is 0. The molecule has 0 radical (unpaired) electrons. The van der Waals surface area contributed by atoms with Crippen LogP contribution in [0.5, 0.6) is 5.75 Å². The number of nitrogens with zero attached hydrogens (tertiary/aromatic N) is 2. The van der Waals surface area contributed by atoms with E-state index in [2.05, 4.69) is 11.9 Å². The maximum atomic E-state index is 16.3. The van der Waals surface area contributed by atoms with Crippen LogP contribution in [-0.2, 0) is 29.9 Å². The normalized spacial score (nSPS) is 21.1. The summed E-state index contributed by atoms with van der Waals surface area (Å²) in [5.74, 6) is -5.77. The monoisotopic (exact) mass is 656 g/mol. The highest BCUT2D eigenvalue weighted by atomic mass is 31.2. The Kier molecular flexibility index (Phi) is 13.1. The number of alkyl halides is 2. The lowest BCUT2D eigenvalue weighted by Gasteiger charge is -2.31. The van der Waals surface area contributed by atoms with Crippen molar-refractivity contribution in [3.8, 4) is 5.75 Å². The van der Waals surface area contributed by atoms with Gasteiger partial charge in [0.05, 0.1) is 19.1 Å². The highest BCUT2D eigenvalue weighted by Crippen LogP contribution is 2.61. The minimum Gasteiger partial charge on any atom is -0.460 e. The molecule has 3 N–H and O–H groups in total. The lowest BCUT2D eigenvalue weighted by atomic mass is 9.92. The molecule has 4 unspecified atom stereocenters. The molecule has 0 bridgehead atoms. The minimum atomic E-state index is -3.98. The van der Waals surface area contributed by atoms with Crippen LogP contribution in [0.15, 0.2) is 41.3 Å². The molecule has 4 atom stereocenters. The summed E-state index contributed by atoms with van der Waals surface area (Å²) in [5, 5.41) is 0. The first-order chi connectivity index (χ1) is 21.6. The molecule has 1 saturated heterocycles. The Labute approximate surface area is 263 Å². The molecular formula is C31H45F2N3O8P+. The Morgan fingerprint density at radius 1 is 1.18 bits per heavy atom. The fraction of sp³-hybridized carbons (Fsp3) is 0.645. The van der Waals surface area contributed by atoms with Crippen molar-refractivity contribution in [2.75, 3.05) is 25.6 Å². The number of rotatable bonds is 18. The van der Waals surface area contributed by atoms with Crippen molar-refractivity contribution in [2.45, 2.75) is 102 Å². The summed E-state index contributed by atoms with van der Waals surface area (Å²) in [5.41, 5.74) is 5.41. The number of hydrogen-bond acceptors (Lipinski definition) is 10. The Morgan fingerprint density at radius 2 is 1.91 bits per heavy atom. The van der Waals surface area contributed by atoms with Crippen molar-refractivity contribution in [1.29, 1.82) is 0 Å². The zero-order valence-electron chi connectivity index (χ0n) is 25.8. The van der Waals surface area contributed by atoms with Gasteiger partial charge in [-0.2, -0.15) is 9.88 Å². The lowest BCUT2D eigenvalue weighted by molar-refractivity contribution is -0.161. The van der Waals surface area contributed by atoms with Gasteiger partial charge in [0.1, 0.15) is 31.2 Å². The standard InChI is InChI=1S/C31H44F2N3O8P/c1-2-3-4-5-6-7-8-9-14-27(36-17-15-28(34)35-30(36)38)31(32,33)19-24(29(37)43-25-16-18-40-22-25)21-42-45(39)41-20-23-12-10-11-13-26(23)44-45/h10-13,15,17,24-25,27,39H,2-9,14,16,18-22H2,1H3,(H-,34,35,38)/p+1. The number of carbonyl (C=O) groups excluding carboxylic acids is 1. The highest BCUT2D eigenvalue weighted by Gasteiger charge is 2.53. The molecule has 45 heavy (non-hydrogen) atoms. The maximum Gasteiger partial charge on any atom is 0.619 e. The molecule has 250 valence electrons. The number of esters is 1. The Balaban J connectivity index is 1.49. The van der Waals surface area contributed by atoms with Crippen LogP contribution in [0.25, 0.3) is 0 Å². The van der Waals surface area contributed by atoms with Gasteiger partial charge in [-0.3, -0.25) is 13.9 Å². The molecule has 4 rings (SSSR count). The van der Waals surface area contributed by atoms with Crippen molar-refractivity contribution >= 4 is 20.0 Å². The zero-order valence-corrected chi connectivity index (χ0v) is 26.7. The van der Waals surface area contributed by atoms with Gasteiger partial charge in [0.2, 0.25) is 0 Å². The predicted octanol–water partition coefficient (Wildman–Crippen LogP) is 6.17. The average Bonchev–Trinajstić information content (AvgIpc) is 3.52. The second kappa shape index (κ2) is 16.7. The third kappa shape index (κ3) is 10.4. The van der Waals surface area contributed by atoms with E-state index in [9.17, 15) is 14.5 Å². The third-order valence-electron chi connectivity index (χ3n) is 8.04. The average molecular weight is 657 g/mol. The van der Waals surface area contributed by atoms with Crippen LogP contribution in [0.3, 0.4) is 0 Å². The quantitative estimate of drug-likeness (QED) is 0.109. The van der Waals surface area contributed by atoms with E-state index in [1.54, 1.807) is 24.3 Å². The molecule has 3 heterocycles. The van der Waals surface area contributed by atoms with Crippen molar-refractivity contribution in [2.24, 2.45) is 5.92 Å². The Morgan fingerprint density at radius 3 is 2.62 bits per heavy atom. The summed E-state index contributed by atoms with van der Waals surface area (Å²) in [6.45, 7) is 2.01. The maximum absolute atomic E-state index is 16.3. The van der Waals surface area contributed by atoms with Crippen LogP contribution in [0.1, 0.15) is 89.2 Å². The summed E-state index contributed by atoms with van der Waals surface area (Å²) in [7, 11) is -3.98.